The lowest BCUT2D eigenvalue weighted by molar-refractivity contribution is 0.469. The molecule has 0 saturated carbocycles. The highest BCUT2D eigenvalue weighted by atomic mass is 127. The molecule has 0 atom stereocenters. The van der Waals surface area contributed by atoms with Gasteiger partial charge in [0, 0.05) is 19.5 Å². The van der Waals surface area contributed by atoms with E-state index in [1.165, 1.54) is 0 Å². The van der Waals surface area contributed by atoms with Gasteiger partial charge in [0.1, 0.15) is 5.82 Å². The quantitative estimate of drug-likeness (QED) is 0.331. The van der Waals surface area contributed by atoms with E-state index in [1.54, 1.807) is 18.4 Å². The van der Waals surface area contributed by atoms with E-state index < -0.39 is 0 Å². The molecule has 0 amide bonds. The zero-order valence-corrected chi connectivity index (χ0v) is 18.2. The van der Waals surface area contributed by atoms with E-state index in [2.05, 4.69) is 47.7 Å². The minimum Gasteiger partial charge on any atom is -0.349 e. The van der Waals surface area contributed by atoms with Crippen LogP contribution in [0.4, 0.5) is 0 Å². The van der Waals surface area contributed by atoms with Crippen LogP contribution in [0.5, 0.6) is 0 Å². The van der Waals surface area contributed by atoms with E-state index in [4.69, 9.17) is 0 Å². The Labute approximate surface area is 174 Å². The van der Waals surface area contributed by atoms with Crippen LogP contribution in [0, 0.1) is 6.92 Å². The first kappa shape index (κ1) is 20.4. The van der Waals surface area contributed by atoms with Gasteiger partial charge in [-0.15, -0.1) is 35.3 Å². The number of thiazole rings is 1. The van der Waals surface area contributed by atoms with Crippen molar-refractivity contribution in [3.63, 3.8) is 0 Å². The second kappa shape index (κ2) is 9.67. The highest BCUT2D eigenvalue weighted by Crippen LogP contribution is 2.16. The Morgan fingerprint density at radius 3 is 2.73 bits per heavy atom. The smallest absolute Gasteiger partial charge is 0.194 e. The second-order valence-corrected chi connectivity index (χ2v) is 6.79. The van der Waals surface area contributed by atoms with E-state index >= 15 is 0 Å². The Bertz CT molecular complexity index is 842. The van der Waals surface area contributed by atoms with Gasteiger partial charge in [-0.3, -0.25) is 4.99 Å². The monoisotopic (exact) mass is 482 g/mol. The zero-order valence-electron chi connectivity index (χ0n) is 15.1. The third-order valence-corrected chi connectivity index (χ3v) is 4.59. The molecular weight excluding hydrogens is 459 g/mol. The van der Waals surface area contributed by atoms with Crippen LogP contribution in [0.1, 0.15) is 16.5 Å². The first-order valence-electron chi connectivity index (χ1n) is 8.08. The number of rotatable bonds is 5. The molecule has 0 radical (unpaired) electrons. The van der Waals surface area contributed by atoms with Crippen LogP contribution in [0.25, 0.3) is 11.3 Å². The Hall–Kier alpha value is -1.94. The fourth-order valence-electron chi connectivity index (χ4n) is 2.56. The Balaban J connectivity index is 0.00000243. The number of guanidine groups is 1. The van der Waals surface area contributed by atoms with Crippen molar-refractivity contribution in [1.82, 2.24) is 25.2 Å². The lowest BCUT2D eigenvalue weighted by atomic mass is 10.2. The van der Waals surface area contributed by atoms with Gasteiger partial charge in [0.25, 0.3) is 0 Å². The Morgan fingerprint density at radius 2 is 2.08 bits per heavy atom. The summed E-state index contributed by atoms with van der Waals surface area (Å²) in [5.41, 5.74) is 3.19. The van der Waals surface area contributed by atoms with Crippen LogP contribution >= 0.6 is 35.3 Å². The molecule has 3 aromatic rings. The normalized spacial score (nSPS) is 11.1. The molecule has 0 saturated heterocycles. The van der Waals surface area contributed by atoms with Gasteiger partial charge < -0.3 is 15.2 Å². The largest absolute Gasteiger partial charge is 0.349 e. The van der Waals surface area contributed by atoms with Gasteiger partial charge in [-0.2, -0.15) is 0 Å². The number of nitrogens with one attached hydrogen (secondary N) is 2. The molecule has 0 aliphatic carbocycles. The first-order valence-corrected chi connectivity index (χ1v) is 8.96. The summed E-state index contributed by atoms with van der Waals surface area (Å²) in [5, 5.41) is 6.50. The number of benzene rings is 1. The Kier molecular flexibility index (Phi) is 7.58. The number of aromatic amines is 1. The number of halogens is 1. The number of hydrogen-bond donors (Lipinski definition) is 2. The van der Waals surface area contributed by atoms with Crippen LogP contribution in [-0.2, 0) is 13.1 Å². The molecule has 0 fully saturated rings. The van der Waals surface area contributed by atoms with Crippen molar-refractivity contribution >= 4 is 41.3 Å². The van der Waals surface area contributed by atoms with Crippen molar-refractivity contribution in [3.8, 4) is 11.3 Å². The molecule has 1 aromatic carbocycles. The number of imidazole rings is 1. The van der Waals surface area contributed by atoms with Gasteiger partial charge in [-0.05, 0) is 12.5 Å². The number of aryl methyl sites for hydroxylation is 1. The molecule has 6 nitrogen and oxygen atoms in total. The summed E-state index contributed by atoms with van der Waals surface area (Å²) in [6, 6.07) is 10.2. The van der Waals surface area contributed by atoms with Gasteiger partial charge >= 0.3 is 0 Å². The van der Waals surface area contributed by atoms with Crippen LogP contribution < -0.4 is 5.32 Å². The number of hydrogen-bond acceptors (Lipinski definition) is 4. The van der Waals surface area contributed by atoms with Crippen molar-refractivity contribution < 1.29 is 0 Å². The number of aliphatic imine (C=N–C) groups is 1. The summed E-state index contributed by atoms with van der Waals surface area (Å²) in [4.78, 5) is 18.7. The topological polar surface area (TPSA) is 69.2 Å². The standard InChI is InChI=1S/C18H22N6S.HI/c1-13-22-15(12-25-13)11-24(3)18(19-2)21-10-17-20-9-16(23-17)14-7-5-4-6-8-14;/h4-9,12H,10-11H2,1-3H3,(H,19,21)(H,20,23);1H. The minimum atomic E-state index is 0. The summed E-state index contributed by atoms with van der Waals surface area (Å²) in [7, 11) is 3.78. The van der Waals surface area contributed by atoms with E-state index in [0.717, 1.165) is 40.3 Å². The molecule has 3 rings (SSSR count). The fourth-order valence-corrected chi connectivity index (χ4v) is 3.17. The molecule has 2 N–H and O–H groups in total. The predicted molar refractivity (Wildman–Crippen MR) is 118 cm³/mol. The lowest BCUT2D eigenvalue weighted by Crippen LogP contribution is -2.38. The van der Waals surface area contributed by atoms with Gasteiger partial charge in [0.05, 0.1) is 35.7 Å². The van der Waals surface area contributed by atoms with E-state index in [0.29, 0.717) is 6.54 Å². The Morgan fingerprint density at radius 1 is 1.31 bits per heavy atom. The van der Waals surface area contributed by atoms with E-state index in [1.807, 2.05) is 38.4 Å². The molecule has 138 valence electrons. The maximum Gasteiger partial charge on any atom is 0.194 e. The van der Waals surface area contributed by atoms with Crippen LogP contribution in [0.3, 0.4) is 0 Å². The number of H-pyrrole nitrogens is 1. The van der Waals surface area contributed by atoms with Crippen molar-refractivity contribution in [2.24, 2.45) is 4.99 Å². The molecule has 0 unspecified atom stereocenters. The van der Waals surface area contributed by atoms with Crippen LogP contribution in [-0.4, -0.2) is 39.9 Å². The third-order valence-electron chi connectivity index (χ3n) is 3.77. The highest BCUT2D eigenvalue weighted by Gasteiger charge is 2.10. The summed E-state index contributed by atoms with van der Waals surface area (Å²) in [5.74, 6) is 1.68. The fraction of sp³-hybridized carbons (Fsp3) is 0.278. The summed E-state index contributed by atoms with van der Waals surface area (Å²) in [6.45, 7) is 3.32. The first-order chi connectivity index (χ1) is 12.2. The summed E-state index contributed by atoms with van der Waals surface area (Å²) >= 11 is 1.66. The maximum atomic E-state index is 4.50. The van der Waals surface area contributed by atoms with E-state index in [-0.39, 0.29) is 24.0 Å². The van der Waals surface area contributed by atoms with Crippen molar-refractivity contribution in [3.05, 3.63) is 58.4 Å². The zero-order chi connectivity index (χ0) is 17.6. The number of nitrogens with zero attached hydrogens (tertiary/aromatic N) is 4. The van der Waals surface area contributed by atoms with Crippen LogP contribution in [0.2, 0.25) is 0 Å². The average molecular weight is 482 g/mol. The third kappa shape index (κ3) is 5.28. The highest BCUT2D eigenvalue weighted by molar-refractivity contribution is 14.0. The molecule has 26 heavy (non-hydrogen) atoms. The van der Waals surface area contributed by atoms with Gasteiger partial charge in [-0.25, -0.2) is 9.97 Å². The second-order valence-electron chi connectivity index (χ2n) is 5.72. The van der Waals surface area contributed by atoms with Gasteiger partial charge in [-0.1, -0.05) is 30.3 Å². The SMILES string of the molecule is CN=C(NCc1ncc(-c2ccccc2)[nH]1)N(C)Cc1csc(C)n1.I. The molecule has 2 aromatic heterocycles. The lowest BCUT2D eigenvalue weighted by Gasteiger charge is -2.20. The van der Waals surface area contributed by atoms with Crippen molar-refractivity contribution in [1.29, 1.82) is 0 Å². The molecule has 0 aliphatic heterocycles. The summed E-state index contributed by atoms with van der Waals surface area (Å²) < 4.78 is 0. The van der Waals surface area contributed by atoms with Gasteiger partial charge in [0.2, 0.25) is 0 Å². The molecular formula is C18H23IN6S. The van der Waals surface area contributed by atoms with Gasteiger partial charge in [0.15, 0.2) is 5.96 Å². The maximum absolute atomic E-state index is 4.50. The van der Waals surface area contributed by atoms with Crippen molar-refractivity contribution in [2.45, 2.75) is 20.0 Å². The molecule has 8 heteroatoms. The average Bonchev–Trinajstić information content (AvgIpc) is 3.25. The molecule has 2 heterocycles. The molecule has 0 spiro atoms. The van der Waals surface area contributed by atoms with Crippen LogP contribution in [0.15, 0.2) is 46.9 Å². The van der Waals surface area contributed by atoms with E-state index in [9.17, 15) is 0 Å². The predicted octanol–water partition coefficient (Wildman–Crippen LogP) is 3.67. The number of aromatic nitrogens is 3. The van der Waals surface area contributed by atoms with Crippen molar-refractivity contribution in [2.75, 3.05) is 14.1 Å². The minimum absolute atomic E-state index is 0. The summed E-state index contributed by atoms with van der Waals surface area (Å²) in [6.07, 6.45) is 1.86. The molecule has 0 bridgehead atoms. The molecule has 0 aliphatic rings.